The summed E-state index contributed by atoms with van der Waals surface area (Å²) in [4.78, 5) is 50.1. The van der Waals surface area contributed by atoms with E-state index in [1.54, 1.807) is 0 Å². The zero-order valence-corrected chi connectivity index (χ0v) is 18.4. The highest BCUT2D eigenvalue weighted by Crippen LogP contribution is 2.33. The molecular weight excluding hydrogens is 455 g/mol. The minimum atomic E-state index is -0.917. The molecule has 0 aromatic heterocycles. The summed E-state index contributed by atoms with van der Waals surface area (Å²) in [6, 6.07) is 9.89. The minimum absolute atomic E-state index is 0.221. The molecule has 10 heteroatoms. The molecule has 0 radical (unpaired) electrons. The molecule has 1 heterocycles. The average Bonchev–Trinajstić information content (AvgIpc) is 2.97. The van der Waals surface area contributed by atoms with Gasteiger partial charge in [-0.15, -0.1) is 0 Å². The van der Waals surface area contributed by atoms with Gasteiger partial charge in [0.2, 0.25) is 0 Å². The molecule has 166 valence electrons. The number of hydrogen-bond donors (Lipinski definition) is 3. The molecule has 1 saturated carbocycles. The van der Waals surface area contributed by atoms with Gasteiger partial charge in [-0.1, -0.05) is 42.5 Å². The van der Waals surface area contributed by atoms with E-state index in [0.717, 1.165) is 24.3 Å². The molecule has 32 heavy (non-hydrogen) atoms. The van der Waals surface area contributed by atoms with Crippen LogP contribution in [0.25, 0.3) is 0 Å². The van der Waals surface area contributed by atoms with Crippen LogP contribution in [-0.4, -0.2) is 34.3 Å². The van der Waals surface area contributed by atoms with Crippen molar-refractivity contribution in [3.8, 4) is 0 Å². The van der Waals surface area contributed by atoms with Crippen LogP contribution in [0.15, 0.2) is 42.5 Å². The number of carbonyl (C=O) groups is 4. The second-order valence-electron chi connectivity index (χ2n) is 7.84. The van der Waals surface area contributed by atoms with E-state index in [1.165, 1.54) is 42.5 Å². The summed E-state index contributed by atoms with van der Waals surface area (Å²) >= 11 is 11.9. The van der Waals surface area contributed by atoms with Gasteiger partial charge < -0.3 is 10.6 Å². The zero-order valence-electron chi connectivity index (χ0n) is 16.9. The Morgan fingerprint density at radius 3 is 2.12 bits per heavy atom. The number of urea groups is 1. The van der Waals surface area contributed by atoms with Gasteiger partial charge in [0, 0.05) is 26.9 Å². The van der Waals surface area contributed by atoms with Gasteiger partial charge in [-0.25, -0.2) is 4.79 Å². The van der Waals surface area contributed by atoms with E-state index in [4.69, 9.17) is 23.2 Å². The molecule has 8 nitrogen and oxygen atoms in total. The molecule has 3 N–H and O–H groups in total. The van der Waals surface area contributed by atoms with E-state index in [9.17, 15) is 19.2 Å². The van der Waals surface area contributed by atoms with Crippen molar-refractivity contribution in [1.82, 2.24) is 15.8 Å². The van der Waals surface area contributed by atoms with Crippen molar-refractivity contribution in [3.05, 3.63) is 63.6 Å². The van der Waals surface area contributed by atoms with Gasteiger partial charge in [-0.3, -0.25) is 19.8 Å². The quantitative estimate of drug-likeness (QED) is 0.578. The first-order valence-corrected chi connectivity index (χ1v) is 10.9. The van der Waals surface area contributed by atoms with Crippen molar-refractivity contribution in [3.63, 3.8) is 0 Å². The van der Waals surface area contributed by atoms with Crippen molar-refractivity contribution in [2.75, 3.05) is 5.32 Å². The summed E-state index contributed by atoms with van der Waals surface area (Å²) in [5.74, 6) is -1.45. The predicted octanol–water partition coefficient (Wildman–Crippen LogP) is 4.15. The standard InChI is InChI=1S/C22H20Cl2N4O4/c23-15-10-14(11-16(24)12-15)18(29)25-17-6-4-13(5-7-17)19(30)27-28-20(31)22(26-21(28)32)8-2-1-3-9-22/h4-7,10-12H,1-3,8-9H2,(H,25,29)(H,26,32)(H,27,30). The van der Waals surface area contributed by atoms with Gasteiger partial charge in [0.25, 0.3) is 17.7 Å². The van der Waals surface area contributed by atoms with Gasteiger partial charge in [-0.05, 0) is 55.3 Å². The SMILES string of the molecule is O=C(Nc1ccc(C(=O)NN2C(=O)NC3(CCCCC3)C2=O)cc1)c1cc(Cl)cc(Cl)c1. The number of rotatable bonds is 4. The molecule has 1 aliphatic heterocycles. The lowest BCUT2D eigenvalue weighted by Gasteiger charge is -2.30. The van der Waals surface area contributed by atoms with Crippen LogP contribution in [0.1, 0.15) is 52.8 Å². The summed E-state index contributed by atoms with van der Waals surface area (Å²) in [6.45, 7) is 0. The maximum atomic E-state index is 12.8. The minimum Gasteiger partial charge on any atom is -0.322 e. The van der Waals surface area contributed by atoms with Crippen LogP contribution in [0.5, 0.6) is 0 Å². The van der Waals surface area contributed by atoms with Crippen LogP contribution >= 0.6 is 23.2 Å². The number of nitrogens with one attached hydrogen (secondary N) is 3. The molecule has 5 amide bonds. The topological polar surface area (TPSA) is 108 Å². The maximum Gasteiger partial charge on any atom is 0.344 e. The molecule has 1 saturated heterocycles. The highest BCUT2D eigenvalue weighted by Gasteiger charge is 2.52. The number of amides is 5. The largest absolute Gasteiger partial charge is 0.344 e. The normalized spacial score (nSPS) is 17.2. The van der Waals surface area contributed by atoms with Crippen LogP contribution < -0.4 is 16.1 Å². The van der Waals surface area contributed by atoms with Crippen molar-refractivity contribution in [2.45, 2.75) is 37.6 Å². The molecule has 0 unspecified atom stereocenters. The number of hydrazine groups is 1. The van der Waals surface area contributed by atoms with E-state index in [1.807, 2.05) is 0 Å². The Morgan fingerprint density at radius 1 is 0.875 bits per heavy atom. The Balaban J connectivity index is 1.40. The smallest absolute Gasteiger partial charge is 0.322 e. The predicted molar refractivity (Wildman–Crippen MR) is 120 cm³/mol. The molecular formula is C22H20Cl2N4O4. The van der Waals surface area contributed by atoms with E-state index >= 15 is 0 Å². The summed E-state index contributed by atoms with van der Waals surface area (Å²) in [7, 11) is 0. The van der Waals surface area contributed by atoms with Crippen LogP contribution in [-0.2, 0) is 4.79 Å². The highest BCUT2D eigenvalue weighted by molar-refractivity contribution is 6.35. The first-order chi connectivity index (χ1) is 15.3. The van der Waals surface area contributed by atoms with Crippen LogP contribution in [0, 0.1) is 0 Å². The fraction of sp³-hybridized carbons (Fsp3) is 0.273. The Bertz CT molecular complexity index is 1080. The Labute approximate surface area is 194 Å². The molecule has 2 aromatic carbocycles. The Morgan fingerprint density at radius 2 is 1.50 bits per heavy atom. The van der Waals surface area contributed by atoms with E-state index in [0.29, 0.717) is 34.1 Å². The molecule has 1 spiro atoms. The lowest BCUT2D eigenvalue weighted by Crippen LogP contribution is -2.50. The van der Waals surface area contributed by atoms with Gasteiger partial charge in [-0.2, -0.15) is 5.01 Å². The van der Waals surface area contributed by atoms with Crippen molar-refractivity contribution in [1.29, 1.82) is 0 Å². The molecule has 1 aliphatic carbocycles. The van der Waals surface area contributed by atoms with Gasteiger partial charge >= 0.3 is 6.03 Å². The molecule has 0 atom stereocenters. The second-order valence-corrected chi connectivity index (χ2v) is 8.72. The number of benzene rings is 2. The number of hydrogen-bond acceptors (Lipinski definition) is 4. The van der Waals surface area contributed by atoms with Crippen LogP contribution in [0.2, 0.25) is 10.0 Å². The van der Waals surface area contributed by atoms with Crippen molar-refractivity contribution < 1.29 is 19.2 Å². The lowest BCUT2D eigenvalue weighted by atomic mass is 9.82. The lowest BCUT2D eigenvalue weighted by molar-refractivity contribution is -0.134. The van der Waals surface area contributed by atoms with E-state index in [-0.39, 0.29) is 5.56 Å². The molecule has 0 bridgehead atoms. The number of imide groups is 1. The third kappa shape index (κ3) is 4.42. The first-order valence-electron chi connectivity index (χ1n) is 10.1. The fourth-order valence-corrected chi connectivity index (χ4v) is 4.50. The second kappa shape index (κ2) is 8.80. The van der Waals surface area contributed by atoms with Crippen molar-refractivity contribution >= 4 is 52.6 Å². The van der Waals surface area contributed by atoms with E-state index < -0.39 is 29.3 Å². The number of nitrogens with zero attached hydrogens (tertiary/aromatic N) is 1. The van der Waals surface area contributed by atoms with Crippen LogP contribution in [0.4, 0.5) is 10.5 Å². The first kappa shape index (κ1) is 22.1. The highest BCUT2D eigenvalue weighted by atomic mass is 35.5. The average molecular weight is 475 g/mol. The zero-order chi connectivity index (χ0) is 22.9. The van der Waals surface area contributed by atoms with Gasteiger partial charge in [0.15, 0.2) is 0 Å². The summed E-state index contributed by atoms with van der Waals surface area (Å²) in [6.07, 6.45) is 3.85. The Hall–Kier alpha value is -3.10. The van der Waals surface area contributed by atoms with E-state index in [2.05, 4.69) is 16.1 Å². The van der Waals surface area contributed by atoms with Crippen molar-refractivity contribution in [2.24, 2.45) is 0 Å². The number of carbonyl (C=O) groups excluding carboxylic acids is 4. The van der Waals surface area contributed by atoms with Crippen LogP contribution in [0.3, 0.4) is 0 Å². The molecule has 2 fully saturated rings. The number of halogens is 2. The summed E-state index contributed by atoms with van der Waals surface area (Å²) < 4.78 is 0. The third-order valence-electron chi connectivity index (χ3n) is 5.61. The fourth-order valence-electron chi connectivity index (χ4n) is 3.98. The monoisotopic (exact) mass is 474 g/mol. The summed E-state index contributed by atoms with van der Waals surface area (Å²) in [5.41, 5.74) is 2.42. The Kier molecular flexibility index (Phi) is 6.08. The van der Waals surface area contributed by atoms with Gasteiger partial charge in [0.05, 0.1) is 0 Å². The molecule has 2 aromatic rings. The third-order valence-corrected chi connectivity index (χ3v) is 6.05. The number of anilines is 1. The van der Waals surface area contributed by atoms with Gasteiger partial charge in [0.1, 0.15) is 5.54 Å². The maximum absolute atomic E-state index is 12.8. The molecule has 2 aliphatic rings. The summed E-state index contributed by atoms with van der Waals surface area (Å²) in [5, 5.41) is 6.86. The molecule has 4 rings (SSSR count).